The fraction of sp³-hybridized carbons (Fsp3) is 0.471. The number of piperidine rings is 1. The summed E-state index contributed by atoms with van der Waals surface area (Å²) in [5.74, 6) is 0. The molecule has 0 aliphatic carbocycles. The highest BCUT2D eigenvalue weighted by Gasteiger charge is 2.13. The Labute approximate surface area is 119 Å². The number of anilines is 1. The normalized spacial score (nSPS) is 15.8. The Hall–Kier alpha value is -1.77. The van der Waals surface area contributed by atoms with E-state index in [2.05, 4.69) is 22.0 Å². The summed E-state index contributed by atoms with van der Waals surface area (Å²) in [5.41, 5.74) is 4.24. The highest BCUT2D eigenvalue weighted by molar-refractivity contribution is 5.83. The van der Waals surface area contributed by atoms with E-state index in [1.807, 2.05) is 19.9 Å². The van der Waals surface area contributed by atoms with Crippen molar-refractivity contribution in [3.63, 3.8) is 0 Å². The third-order valence-corrected chi connectivity index (χ3v) is 4.37. The van der Waals surface area contributed by atoms with Crippen LogP contribution in [0.2, 0.25) is 0 Å². The molecule has 3 heteroatoms. The second-order valence-corrected chi connectivity index (χ2v) is 5.69. The minimum absolute atomic E-state index is 0.192. The van der Waals surface area contributed by atoms with E-state index < -0.39 is 0 Å². The van der Waals surface area contributed by atoms with Crippen LogP contribution in [0.3, 0.4) is 0 Å². The van der Waals surface area contributed by atoms with Gasteiger partial charge < -0.3 is 9.88 Å². The Morgan fingerprint density at radius 1 is 1.20 bits per heavy atom. The molecule has 1 aliphatic heterocycles. The van der Waals surface area contributed by atoms with Gasteiger partial charge in [0.15, 0.2) is 5.43 Å². The topological polar surface area (TPSA) is 36.1 Å². The Kier molecular flexibility index (Phi) is 3.51. The van der Waals surface area contributed by atoms with Gasteiger partial charge in [0.2, 0.25) is 0 Å². The number of hydrogen-bond acceptors (Lipinski definition) is 2. The van der Waals surface area contributed by atoms with E-state index in [0.29, 0.717) is 0 Å². The van der Waals surface area contributed by atoms with Crippen molar-refractivity contribution in [2.24, 2.45) is 0 Å². The van der Waals surface area contributed by atoms with Crippen molar-refractivity contribution in [2.75, 3.05) is 18.0 Å². The van der Waals surface area contributed by atoms with Gasteiger partial charge in [0.25, 0.3) is 0 Å². The molecular formula is C17H22N2O. The van der Waals surface area contributed by atoms with Crippen molar-refractivity contribution in [1.29, 1.82) is 0 Å². The van der Waals surface area contributed by atoms with Crippen LogP contribution in [0, 0.1) is 6.92 Å². The molecule has 20 heavy (non-hydrogen) atoms. The number of aryl methyl sites for hydroxylation is 1. The van der Waals surface area contributed by atoms with E-state index in [-0.39, 0.29) is 5.43 Å². The van der Waals surface area contributed by atoms with Crippen LogP contribution >= 0.6 is 0 Å². The Morgan fingerprint density at radius 2 is 1.95 bits per heavy atom. The van der Waals surface area contributed by atoms with E-state index in [4.69, 9.17) is 0 Å². The summed E-state index contributed by atoms with van der Waals surface area (Å²) in [4.78, 5) is 18.3. The molecule has 1 aliphatic rings. The van der Waals surface area contributed by atoms with E-state index >= 15 is 0 Å². The standard InChI is InChI=1S/C17H22N2O/c1-3-14-12(2)18-16-8-7-13(11-15(16)17(14)20)19-9-5-4-6-10-19/h7-8,11H,3-6,9-10H2,1-2H3,(H,18,20). The number of pyridine rings is 1. The summed E-state index contributed by atoms with van der Waals surface area (Å²) in [5, 5.41) is 0.829. The highest BCUT2D eigenvalue weighted by atomic mass is 16.1. The smallest absolute Gasteiger partial charge is 0.192 e. The summed E-state index contributed by atoms with van der Waals surface area (Å²) in [6, 6.07) is 6.25. The number of nitrogens with one attached hydrogen (secondary N) is 1. The molecule has 3 nitrogen and oxygen atoms in total. The first-order valence-corrected chi connectivity index (χ1v) is 7.61. The summed E-state index contributed by atoms with van der Waals surface area (Å²) >= 11 is 0. The summed E-state index contributed by atoms with van der Waals surface area (Å²) in [7, 11) is 0. The van der Waals surface area contributed by atoms with Gasteiger partial charge in [-0.1, -0.05) is 6.92 Å². The van der Waals surface area contributed by atoms with Gasteiger partial charge in [-0.3, -0.25) is 4.79 Å². The zero-order chi connectivity index (χ0) is 14.1. The third kappa shape index (κ3) is 2.21. The van der Waals surface area contributed by atoms with E-state index in [0.717, 1.165) is 41.7 Å². The van der Waals surface area contributed by atoms with Gasteiger partial charge in [0, 0.05) is 40.9 Å². The molecule has 0 radical (unpaired) electrons. The quantitative estimate of drug-likeness (QED) is 0.908. The first-order valence-electron chi connectivity index (χ1n) is 7.61. The second-order valence-electron chi connectivity index (χ2n) is 5.69. The number of hydrogen-bond donors (Lipinski definition) is 1. The second kappa shape index (κ2) is 5.31. The summed E-state index contributed by atoms with van der Waals surface area (Å²) in [6.45, 7) is 6.24. The Morgan fingerprint density at radius 3 is 2.65 bits per heavy atom. The van der Waals surface area contributed by atoms with Gasteiger partial charge in [-0.2, -0.15) is 0 Å². The molecular weight excluding hydrogens is 248 g/mol. The number of fused-ring (bicyclic) bond motifs is 1. The van der Waals surface area contributed by atoms with Gasteiger partial charge in [0.05, 0.1) is 0 Å². The molecule has 0 unspecified atom stereocenters. The number of H-pyrrole nitrogens is 1. The van der Waals surface area contributed by atoms with Crippen molar-refractivity contribution in [3.05, 3.63) is 39.7 Å². The van der Waals surface area contributed by atoms with E-state index in [9.17, 15) is 4.79 Å². The third-order valence-electron chi connectivity index (χ3n) is 4.37. The Bertz CT molecular complexity index is 681. The van der Waals surface area contributed by atoms with Crippen molar-refractivity contribution in [1.82, 2.24) is 4.98 Å². The molecule has 1 aromatic carbocycles. The molecule has 0 bridgehead atoms. The molecule has 0 spiro atoms. The maximum Gasteiger partial charge on any atom is 0.192 e. The highest BCUT2D eigenvalue weighted by Crippen LogP contribution is 2.23. The largest absolute Gasteiger partial charge is 0.372 e. The van der Waals surface area contributed by atoms with E-state index in [1.54, 1.807) is 0 Å². The van der Waals surface area contributed by atoms with Crippen LogP contribution in [-0.2, 0) is 6.42 Å². The van der Waals surface area contributed by atoms with Crippen LogP contribution in [0.4, 0.5) is 5.69 Å². The number of nitrogens with zero attached hydrogens (tertiary/aromatic N) is 1. The zero-order valence-corrected chi connectivity index (χ0v) is 12.3. The number of benzene rings is 1. The van der Waals surface area contributed by atoms with Crippen molar-refractivity contribution >= 4 is 16.6 Å². The molecule has 0 atom stereocenters. The first-order chi connectivity index (χ1) is 9.70. The van der Waals surface area contributed by atoms with Gasteiger partial charge in [0.1, 0.15) is 0 Å². The molecule has 1 N–H and O–H groups in total. The van der Waals surface area contributed by atoms with Gasteiger partial charge in [-0.15, -0.1) is 0 Å². The predicted octanol–water partition coefficient (Wildman–Crippen LogP) is 3.39. The van der Waals surface area contributed by atoms with Crippen molar-refractivity contribution in [2.45, 2.75) is 39.5 Å². The lowest BCUT2D eigenvalue weighted by atomic mass is 10.0. The first kappa shape index (κ1) is 13.2. The lowest BCUT2D eigenvalue weighted by Gasteiger charge is -2.29. The minimum atomic E-state index is 0.192. The Balaban J connectivity index is 2.12. The van der Waals surface area contributed by atoms with Gasteiger partial charge >= 0.3 is 0 Å². The van der Waals surface area contributed by atoms with E-state index in [1.165, 1.54) is 24.9 Å². The molecule has 1 aromatic heterocycles. The number of aromatic nitrogens is 1. The molecule has 1 saturated heterocycles. The zero-order valence-electron chi connectivity index (χ0n) is 12.3. The minimum Gasteiger partial charge on any atom is -0.372 e. The maximum atomic E-state index is 12.6. The fourth-order valence-electron chi connectivity index (χ4n) is 3.21. The van der Waals surface area contributed by atoms with Crippen LogP contribution in [0.25, 0.3) is 10.9 Å². The fourth-order valence-corrected chi connectivity index (χ4v) is 3.21. The molecule has 106 valence electrons. The SMILES string of the molecule is CCc1c(C)[nH]c2ccc(N3CCCCC3)cc2c1=O. The summed E-state index contributed by atoms with van der Waals surface area (Å²) in [6.07, 6.45) is 4.61. The monoisotopic (exact) mass is 270 g/mol. The summed E-state index contributed by atoms with van der Waals surface area (Å²) < 4.78 is 0. The molecule has 2 aromatic rings. The van der Waals surface area contributed by atoms with Crippen LogP contribution < -0.4 is 10.3 Å². The molecule has 0 amide bonds. The maximum absolute atomic E-state index is 12.6. The lowest BCUT2D eigenvalue weighted by molar-refractivity contribution is 0.578. The average molecular weight is 270 g/mol. The molecule has 2 heterocycles. The van der Waals surface area contributed by atoms with Crippen LogP contribution in [0.1, 0.15) is 37.4 Å². The number of aromatic amines is 1. The molecule has 3 rings (SSSR count). The average Bonchev–Trinajstić information content (AvgIpc) is 2.48. The predicted molar refractivity (Wildman–Crippen MR) is 84.7 cm³/mol. The molecule has 1 fully saturated rings. The van der Waals surface area contributed by atoms with Gasteiger partial charge in [-0.25, -0.2) is 0 Å². The van der Waals surface area contributed by atoms with Gasteiger partial charge in [-0.05, 0) is 50.8 Å². The molecule has 0 saturated carbocycles. The van der Waals surface area contributed by atoms with Crippen molar-refractivity contribution in [3.8, 4) is 0 Å². The lowest BCUT2D eigenvalue weighted by Crippen LogP contribution is -2.29. The van der Waals surface area contributed by atoms with Crippen LogP contribution in [-0.4, -0.2) is 18.1 Å². The van der Waals surface area contributed by atoms with Crippen LogP contribution in [0.15, 0.2) is 23.0 Å². The van der Waals surface area contributed by atoms with Crippen LogP contribution in [0.5, 0.6) is 0 Å². The van der Waals surface area contributed by atoms with Crippen molar-refractivity contribution < 1.29 is 0 Å². The number of rotatable bonds is 2.